The lowest BCUT2D eigenvalue weighted by Gasteiger charge is -2.35. The van der Waals surface area contributed by atoms with Gasteiger partial charge in [0.2, 0.25) is 5.91 Å². The predicted octanol–water partition coefficient (Wildman–Crippen LogP) is 3.28. The Labute approximate surface area is 156 Å². The van der Waals surface area contributed by atoms with Gasteiger partial charge in [-0.15, -0.1) is 0 Å². The fourth-order valence-electron chi connectivity index (χ4n) is 3.49. The molecule has 0 unspecified atom stereocenters. The molecule has 1 heterocycles. The maximum absolute atomic E-state index is 12.6. The fourth-order valence-corrected chi connectivity index (χ4v) is 3.49. The third-order valence-electron chi connectivity index (χ3n) is 5.18. The summed E-state index contributed by atoms with van der Waals surface area (Å²) in [5.41, 5.74) is 3.81. The Bertz CT molecular complexity index is 736. The van der Waals surface area contributed by atoms with E-state index in [0.717, 1.165) is 50.5 Å². The summed E-state index contributed by atoms with van der Waals surface area (Å²) in [6.45, 7) is 6.64. The van der Waals surface area contributed by atoms with Crippen LogP contribution in [0.5, 0.6) is 5.75 Å². The van der Waals surface area contributed by atoms with Gasteiger partial charge in [0.1, 0.15) is 5.75 Å². The zero-order valence-electron chi connectivity index (χ0n) is 15.8. The second kappa shape index (κ2) is 8.86. The lowest BCUT2D eigenvalue weighted by atomic mass is 10.1. The first-order valence-corrected chi connectivity index (χ1v) is 9.34. The summed E-state index contributed by atoms with van der Waals surface area (Å²) in [4.78, 5) is 17.0. The standard InChI is InChI=1S/C22H28N2O2/c1-18-7-3-4-9-20(18)17-23-13-15-24(16-14-23)22(25)12-11-19-8-5-6-10-21(19)26-2/h3-10H,11-17H2,1-2H3. The Morgan fingerprint density at radius 3 is 2.31 bits per heavy atom. The maximum Gasteiger partial charge on any atom is 0.222 e. The van der Waals surface area contributed by atoms with Crippen LogP contribution in [0.4, 0.5) is 0 Å². The zero-order valence-corrected chi connectivity index (χ0v) is 15.8. The molecule has 0 aromatic heterocycles. The van der Waals surface area contributed by atoms with Gasteiger partial charge >= 0.3 is 0 Å². The quantitative estimate of drug-likeness (QED) is 0.800. The lowest BCUT2D eigenvalue weighted by molar-refractivity contribution is -0.133. The summed E-state index contributed by atoms with van der Waals surface area (Å²) in [6, 6.07) is 16.5. The van der Waals surface area contributed by atoms with Crippen LogP contribution in [0, 0.1) is 6.92 Å². The molecule has 0 aliphatic carbocycles. The van der Waals surface area contributed by atoms with Crippen molar-refractivity contribution in [3.05, 3.63) is 65.2 Å². The van der Waals surface area contributed by atoms with Gasteiger partial charge in [-0.25, -0.2) is 0 Å². The molecule has 0 atom stereocenters. The SMILES string of the molecule is COc1ccccc1CCC(=O)N1CCN(Cc2ccccc2C)CC1. The van der Waals surface area contributed by atoms with Gasteiger partial charge in [-0.05, 0) is 36.1 Å². The van der Waals surface area contributed by atoms with E-state index in [-0.39, 0.29) is 5.91 Å². The summed E-state index contributed by atoms with van der Waals surface area (Å²) >= 11 is 0. The highest BCUT2D eigenvalue weighted by atomic mass is 16.5. The van der Waals surface area contributed by atoms with E-state index in [0.29, 0.717) is 6.42 Å². The predicted molar refractivity (Wildman–Crippen MR) is 104 cm³/mol. The Balaban J connectivity index is 1.47. The summed E-state index contributed by atoms with van der Waals surface area (Å²) in [7, 11) is 1.67. The van der Waals surface area contributed by atoms with Crippen molar-refractivity contribution in [3.8, 4) is 5.75 Å². The summed E-state index contributed by atoms with van der Waals surface area (Å²) in [6.07, 6.45) is 1.27. The van der Waals surface area contributed by atoms with Crippen LogP contribution in [0.3, 0.4) is 0 Å². The van der Waals surface area contributed by atoms with Crippen molar-refractivity contribution < 1.29 is 9.53 Å². The van der Waals surface area contributed by atoms with Gasteiger partial charge in [-0.1, -0.05) is 42.5 Å². The minimum absolute atomic E-state index is 0.242. The second-order valence-electron chi connectivity index (χ2n) is 6.90. The van der Waals surface area contributed by atoms with Crippen LogP contribution < -0.4 is 4.74 Å². The number of hydrogen-bond donors (Lipinski definition) is 0. The molecule has 138 valence electrons. The molecule has 1 amide bonds. The van der Waals surface area contributed by atoms with E-state index in [1.165, 1.54) is 11.1 Å². The minimum atomic E-state index is 0.242. The Kier molecular flexibility index (Phi) is 6.29. The number of rotatable bonds is 6. The number of hydrogen-bond acceptors (Lipinski definition) is 3. The average Bonchev–Trinajstić information content (AvgIpc) is 2.68. The number of aryl methyl sites for hydroxylation is 2. The van der Waals surface area contributed by atoms with Gasteiger partial charge in [0.15, 0.2) is 0 Å². The number of methoxy groups -OCH3 is 1. The molecule has 0 N–H and O–H groups in total. The van der Waals surface area contributed by atoms with Gasteiger partial charge < -0.3 is 9.64 Å². The fraction of sp³-hybridized carbons (Fsp3) is 0.409. The first kappa shape index (κ1) is 18.5. The van der Waals surface area contributed by atoms with Crippen molar-refractivity contribution in [2.24, 2.45) is 0 Å². The van der Waals surface area contributed by atoms with Crippen LogP contribution in [0.25, 0.3) is 0 Å². The Morgan fingerprint density at radius 2 is 1.62 bits per heavy atom. The molecule has 2 aromatic rings. The molecule has 1 saturated heterocycles. The van der Waals surface area contributed by atoms with E-state index in [9.17, 15) is 4.79 Å². The van der Waals surface area contributed by atoms with Gasteiger partial charge in [0.25, 0.3) is 0 Å². The molecule has 3 rings (SSSR count). The van der Waals surface area contributed by atoms with Gasteiger partial charge in [-0.2, -0.15) is 0 Å². The molecular weight excluding hydrogens is 324 g/mol. The number of amides is 1. The largest absolute Gasteiger partial charge is 0.496 e. The van der Waals surface area contributed by atoms with Crippen molar-refractivity contribution >= 4 is 5.91 Å². The molecule has 0 radical (unpaired) electrons. The third-order valence-corrected chi connectivity index (χ3v) is 5.18. The number of benzene rings is 2. The Morgan fingerprint density at radius 1 is 0.962 bits per heavy atom. The first-order chi connectivity index (χ1) is 12.7. The topological polar surface area (TPSA) is 32.8 Å². The van der Waals surface area contributed by atoms with E-state index < -0.39 is 0 Å². The van der Waals surface area contributed by atoms with Crippen LogP contribution in [0.1, 0.15) is 23.1 Å². The molecule has 4 heteroatoms. The molecule has 4 nitrogen and oxygen atoms in total. The first-order valence-electron chi connectivity index (χ1n) is 9.34. The number of carbonyl (C=O) groups excluding carboxylic acids is 1. The highest BCUT2D eigenvalue weighted by Crippen LogP contribution is 2.19. The summed E-state index contributed by atoms with van der Waals surface area (Å²) in [5.74, 6) is 1.11. The second-order valence-corrected chi connectivity index (χ2v) is 6.90. The monoisotopic (exact) mass is 352 g/mol. The molecule has 2 aromatic carbocycles. The smallest absolute Gasteiger partial charge is 0.222 e. The highest BCUT2D eigenvalue weighted by Gasteiger charge is 2.21. The van der Waals surface area contributed by atoms with Gasteiger partial charge in [-0.3, -0.25) is 9.69 Å². The van der Waals surface area contributed by atoms with Crippen molar-refractivity contribution in [2.75, 3.05) is 33.3 Å². The van der Waals surface area contributed by atoms with E-state index in [4.69, 9.17) is 4.74 Å². The van der Waals surface area contributed by atoms with Crippen LogP contribution in [0.2, 0.25) is 0 Å². The normalized spacial score (nSPS) is 15.1. The van der Waals surface area contributed by atoms with Gasteiger partial charge in [0, 0.05) is 39.1 Å². The number of piperazine rings is 1. The van der Waals surface area contributed by atoms with E-state index in [1.54, 1.807) is 7.11 Å². The zero-order chi connectivity index (χ0) is 18.4. The third kappa shape index (κ3) is 4.64. The Hall–Kier alpha value is -2.33. The molecule has 1 aliphatic rings. The molecule has 1 fully saturated rings. The van der Waals surface area contributed by atoms with Crippen molar-refractivity contribution in [2.45, 2.75) is 26.3 Å². The summed E-state index contributed by atoms with van der Waals surface area (Å²) < 4.78 is 5.37. The van der Waals surface area contributed by atoms with Crippen molar-refractivity contribution in [3.63, 3.8) is 0 Å². The van der Waals surface area contributed by atoms with E-state index >= 15 is 0 Å². The summed E-state index contributed by atoms with van der Waals surface area (Å²) in [5, 5.41) is 0. The number of ether oxygens (including phenoxy) is 1. The van der Waals surface area contributed by atoms with Crippen LogP contribution in [-0.2, 0) is 17.8 Å². The molecule has 26 heavy (non-hydrogen) atoms. The highest BCUT2D eigenvalue weighted by molar-refractivity contribution is 5.76. The molecule has 0 spiro atoms. The molecule has 0 saturated carbocycles. The van der Waals surface area contributed by atoms with E-state index in [2.05, 4.69) is 36.1 Å². The molecule has 0 bridgehead atoms. The number of para-hydroxylation sites is 1. The minimum Gasteiger partial charge on any atom is -0.496 e. The van der Waals surface area contributed by atoms with Crippen LogP contribution >= 0.6 is 0 Å². The van der Waals surface area contributed by atoms with E-state index in [1.807, 2.05) is 29.2 Å². The maximum atomic E-state index is 12.6. The lowest BCUT2D eigenvalue weighted by Crippen LogP contribution is -2.48. The molecular formula is C22H28N2O2. The number of carbonyl (C=O) groups is 1. The van der Waals surface area contributed by atoms with Crippen molar-refractivity contribution in [1.82, 2.24) is 9.80 Å². The van der Waals surface area contributed by atoms with Gasteiger partial charge in [0.05, 0.1) is 7.11 Å². The van der Waals surface area contributed by atoms with Crippen LogP contribution in [-0.4, -0.2) is 49.0 Å². The average molecular weight is 352 g/mol. The molecule has 1 aliphatic heterocycles. The van der Waals surface area contributed by atoms with Crippen LogP contribution in [0.15, 0.2) is 48.5 Å². The number of nitrogens with zero attached hydrogens (tertiary/aromatic N) is 2. The van der Waals surface area contributed by atoms with Crippen molar-refractivity contribution in [1.29, 1.82) is 0 Å².